The zero-order valence-electron chi connectivity index (χ0n) is 21.1. The van der Waals surface area contributed by atoms with Crippen LogP contribution in [-0.2, 0) is 20.9 Å². The Kier molecular flexibility index (Phi) is 8.17. The molecular formula is C24H33N7O4S. The highest BCUT2D eigenvalue weighted by Crippen LogP contribution is 2.27. The quantitative estimate of drug-likeness (QED) is 0.460. The van der Waals surface area contributed by atoms with Crippen LogP contribution in [0.4, 0.5) is 0 Å². The predicted octanol–water partition coefficient (Wildman–Crippen LogP) is 2.12. The summed E-state index contributed by atoms with van der Waals surface area (Å²) in [6.07, 6.45) is 0. The fraction of sp³-hybridized carbons (Fsp3) is 0.542. The molecule has 1 atom stereocenters. The first-order valence-corrected chi connectivity index (χ1v) is 12.9. The summed E-state index contributed by atoms with van der Waals surface area (Å²) in [6, 6.07) is 6.58. The zero-order valence-corrected chi connectivity index (χ0v) is 22.0. The Morgan fingerprint density at radius 2 is 2.00 bits per heavy atom. The number of aryl methyl sites for hydroxylation is 1. The van der Waals surface area contributed by atoms with Crippen molar-refractivity contribution >= 4 is 23.2 Å². The van der Waals surface area contributed by atoms with E-state index in [0.29, 0.717) is 37.9 Å². The molecule has 1 aliphatic rings. The van der Waals surface area contributed by atoms with Crippen LogP contribution in [0.1, 0.15) is 37.5 Å². The standard InChI is InChI=1S/C24H33N7O4S/c1-17-7-8-18(35-17)22-26-28-31(27-22)16-20(32)30(10-9-29-11-13-34-14-12-29)21(19-6-5-15-36-19)23(33)25-24(2,3)4/h5-8,15,21H,9-14,16H2,1-4H3,(H,25,33). The summed E-state index contributed by atoms with van der Waals surface area (Å²) in [5, 5.41) is 17.4. The number of carbonyl (C=O) groups is 2. The number of carbonyl (C=O) groups excluding carboxylic acids is 2. The molecule has 36 heavy (non-hydrogen) atoms. The van der Waals surface area contributed by atoms with Crippen molar-refractivity contribution in [3.05, 3.63) is 40.3 Å². The molecule has 0 bridgehead atoms. The van der Waals surface area contributed by atoms with Crippen LogP contribution in [-0.4, -0.2) is 86.8 Å². The number of furan rings is 1. The van der Waals surface area contributed by atoms with Gasteiger partial charge >= 0.3 is 0 Å². The Hall–Kier alpha value is -3.09. The molecule has 4 rings (SSSR count). The van der Waals surface area contributed by atoms with Gasteiger partial charge in [-0.15, -0.1) is 21.5 Å². The number of rotatable bonds is 9. The molecule has 3 aromatic rings. The smallest absolute Gasteiger partial charge is 0.248 e. The van der Waals surface area contributed by atoms with Crippen LogP contribution in [0.25, 0.3) is 11.6 Å². The third-order valence-corrected chi connectivity index (χ3v) is 6.57. The van der Waals surface area contributed by atoms with Gasteiger partial charge in [-0.25, -0.2) is 0 Å². The fourth-order valence-corrected chi connectivity index (χ4v) is 4.79. The Labute approximate surface area is 214 Å². The van der Waals surface area contributed by atoms with Crippen molar-refractivity contribution in [3.63, 3.8) is 0 Å². The summed E-state index contributed by atoms with van der Waals surface area (Å²) in [7, 11) is 0. The number of thiophene rings is 1. The molecule has 1 fully saturated rings. The van der Waals surface area contributed by atoms with Crippen molar-refractivity contribution < 1.29 is 18.7 Å². The first-order valence-electron chi connectivity index (χ1n) is 12.0. The second-order valence-electron chi connectivity index (χ2n) is 9.75. The van der Waals surface area contributed by atoms with Gasteiger partial charge in [0, 0.05) is 36.6 Å². The predicted molar refractivity (Wildman–Crippen MR) is 134 cm³/mol. The maximum absolute atomic E-state index is 13.7. The summed E-state index contributed by atoms with van der Waals surface area (Å²) in [5.41, 5.74) is -0.449. The van der Waals surface area contributed by atoms with Gasteiger partial charge in [-0.2, -0.15) is 4.80 Å². The summed E-state index contributed by atoms with van der Waals surface area (Å²) >= 11 is 1.45. The largest absolute Gasteiger partial charge is 0.458 e. The van der Waals surface area contributed by atoms with Crippen LogP contribution in [0.15, 0.2) is 34.1 Å². The molecule has 2 amide bonds. The van der Waals surface area contributed by atoms with Crippen molar-refractivity contribution in [2.24, 2.45) is 0 Å². The van der Waals surface area contributed by atoms with E-state index in [9.17, 15) is 9.59 Å². The van der Waals surface area contributed by atoms with Gasteiger partial charge < -0.3 is 19.4 Å². The molecule has 1 unspecified atom stereocenters. The fourth-order valence-electron chi connectivity index (χ4n) is 3.96. The highest BCUT2D eigenvalue weighted by molar-refractivity contribution is 7.10. The van der Waals surface area contributed by atoms with Gasteiger partial charge in [0.2, 0.25) is 17.6 Å². The van der Waals surface area contributed by atoms with E-state index in [0.717, 1.165) is 23.7 Å². The van der Waals surface area contributed by atoms with Gasteiger partial charge in [0.05, 0.1) is 13.2 Å². The third kappa shape index (κ3) is 6.77. The average molecular weight is 516 g/mol. The molecule has 0 aliphatic carbocycles. The first kappa shape index (κ1) is 26.0. The molecule has 11 nitrogen and oxygen atoms in total. The van der Waals surface area contributed by atoms with E-state index in [-0.39, 0.29) is 18.4 Å². The number of morpholine rings is 1. The van der Waals surface area contributed by atoms with Crippen molar-refractivity contribution in [1.29, 1.82) is 0 Å². The molecule has 1 aliphatic heterocycles. The molecule has 1 N–H and O–H groups in total. The van der Waals surface area contributed by atoms with Gasteiger partial charge in [0.1, 0.15) is 18.3 Å². The van der Waals surface area contributed by atoms with E-state index < -0.39 is 11.6 Å². The van der Waals surface area contributed by atoms with Crippen LogP contribution >= 0.6 is 11.3 Å². The van der Waals surface area contributed by atoms with Crippen LogP contribution in [0.2, 0.25) is 0 Å². The Morgan fingerprint density at radius 3 is 2.64 bits per heavy atom. The second kappa shape index (κ2) is 11.3. The summed E-state index contributed by atoms with van der Waals surface area (Å²) < 4.78 is 11.0. The topological polar surface area (TPSA) is 119 Å². The van der Waals surface area contributed by atoms with Crippen molar-refractivity contribution in [2.75, 3.05) is 39.4 Å². The molecule has 12 heteroatoms. The summed E-state index contributed by atoms with van der Waals surface area (Å²) in [5.74, 6) is 1.02. The number of ether oxygens (including phenoxy) is 1. The van der Waals surface area contributed by atoms with Crippen LogP contribution in [0.3, 0.4) is 0 Å². The van der Waals surface area contributed by atoms with Gasteiger partial charge in [-0.1, -0.05) is 6.07 Å². The number of tetrazole rings is 1. The van der Waals surface area contributed by atoms with Gasteiger partial charge in [0.15, 0.2) is 5.76 Å². The van der Waals surface area contributed by atoms with Crippen molar-refractivity contribution in [2.45, 2.75) is 45.8 Å². The molecular weight excluding hydrogens is 482 g/mol. The zero-order chi connectivity index (χ0) is 25.7. The van der Waals surface area contributed by atoms with Gasteiger partial charge in [-0.05, 0) is 56.5 Å². The lowest BCUT2D eigenvalue weighted by molar-refractivity contribution is -0.142. The van der Waals surface area contributed by atoms with Gasteiger partial charge in [-0.3, -0.25) is 14.5 Å². The molecule has 0 aromatic carbocycles. The molecule has 0 radical (unpaired) electrons. The van der Waals surface area contributed by atoms with E-state index in [1.165, 1.54) is 16.1 Å². The molecule has 3 aromatic heterocycles. The minimum atomic E-state index is -0.770. The van der Waals surface area contributed by atoms with Crippen molar-refractivity contribution in [3.8, 4) is 11.6 Å². The number of hydrogen-bond acceptors (Lipinski definition) is 9. The van der Waals surface area contributed by atoms with Crippen LogP contribution < -0.4 is 5.32 Å². The van der Waals surface area contributed by atoms with Gasteiger partial charge in [0.25, 0.3) is 0 Å². The summed E-state index contributed by atoms with van der Waals surface area (Å²) in [6.45, 7) is 11.3. The maximum atomic E-state index is 13.7. The normalized spacial score (nSPS) is 15.6. The lowest BCUT2D eigenvalue weighted by Gasteiger charge is -2.35. The molecule has 0 saturated carbocycles. The highest BCUT2D eigenvalue weighted by atomic mass is 32.1. The lowest BCUT2D eigenvalue weighted by atomic mass is 10.1. The molecule has 194 valence electrons. The molecule has 1 saturated heterocycles. The number of hydrogen-bond donors (Lipinski definition) is 1. The number of nitrogens with zero attached hydrogens (tertiary/aromatic N) is 6. The van der Waals surface area contributed by atoms with E-state index in [4.69, 9.17) is 9.15 Å². The van der Waals surface area contributed by atoms with Crippen LogP contribution in [0, 0.1) is 6.92 Å². The third-order valence-electron chi connectivity index (χ3n) is 5.64. The van der Waals surface area contributed by atoms with E-state index >= 15 is 0 Å². The van der Waals surface area contributed by atoms with E-state index in [2.05, 4.69) is 25.6 Å². The first-order chi connectivity index (χ1) is 17.2. The van der Waals surface area contributed by atoms with Crippen molar-refractivity contribution in [1.82, 2.24) is 35.3 Å². The van der Waals surface area contributed by atoms with E-state index in [1.807, 2.05) is 51.3 Å². The van der Waals surface area contributed by atoms with Crippen LogP contribution in [0.5, 0.6) is 0 Å². The Morgan fingerprint density at radius 1 is 1.22 bits per heavy atom. The highest BCUT2D eigenvalue weighted by Gasteiger charge is 2.34. The number of nitrogens with one attached hydrogen (secondary N) is 1. The van der Waals surface area contributed by atoms with E-state index in [1.54, 1.807) is 11.0 Å². The number of amides is 2. The monoisotopic (exact) mass is 515 g/mol. The number of aromatic nitrogens is 4. The maximum Gasteiger partial charge on any atom is 0.248 e. The Balaban J connectivity index is 1.58. The average Bonchev–Trinajstić information content (AvgIpc) is 3.58. The minimum absolute atomic E-state index is 0.152. The second-order valence-corrected chi connectivity index (χ2v) is 10.7. The minimum Gasteiger partial charge on any atom is -0.458 e. The Bertz CT molecular complexity index is 1150. The molecule has 4 heterocycles. The molecule has 0 spiro atoms. The lowest BCUT2D eigenvalue weighted by Crippen LogP contribution is -2.51. The summed E-state index contributed by atoms with van der Waals surface area (Å²) in [4.78, 5) is 33.1. The SMILES string of the molecule is Cc1ccc(-c2nnn(CC(=O)N(CCN3CCOCC3)C(C(=O)NC(C)(C)C)c3cccs3)n2)o1.